The third-order valence-corrected chi connectivity index (χ3v) is 4.77. The Kier molecular flexibility index (Phi) is 7.21. The summed E-state index contributed by atoms with van der Waals surface area (Å²) in [6, 6.07) is -0.436. The zero-order valence-corrected chi connectivity index (χ0v) is 14.7. The minimum absolute atomic E-state index is 0.100. The van der Waals surface area contributed by atoms with Gasteiger partial charge in [0.05, 0.1) is 18.0 Å². The van der Waals surface area contributed by atoms with Gasteiger partial charge in [0.2, 0.25) is 16.9 Å². The summed E-state index contributed by atoms with van der Waals surface area (Å²) >= 11 is 0.307. The second-order valence-corrected chi connectivity index (χ2v) is 6.86. The van der Waals surface area contributed by atoms with E-state index in [1.807, 2.05) is 0 Å². The molecule has 26 heavy (non-hydrogen) atoms. The van der Waals surface area contributed by atoms with Crippen molar-refractivity contribution >= 4 is 35.3 Å². The molecule has 0 unspecified atom stereocenters. The van der Waals surface area contributed by atoms with Crippen LogP contribution in [0.25, 0.3) is 0 Å². The molecule has 2 fully saturated rings. The molecule has 2 amide bonds. The zero-order valence-electron chi connectivity index (χ0n) is 13.9. The smallest absolute Gasteiger partial charge is 0.348 e. The summed E-state index contributed by atoms with van der Waals surface area (Å²) in [5, 5.41) is 12.8. The predicted molar refractivity (Wildman–Crippen MR) is 93.8 cm³/mol. The molecule has 1 aliphatic carbocycles. The SMILES string of the molecule is C=N/N=C(\SCNC(=O)/C=C/[C@@H](NC(=O)[C@@H]1CCN1)C1CC1)C(F)(F)F. The molecule has 1 aliphatic heterocycles. The lowest BCUT2D eigenvalue weighted by Crippen LogP contribution is -2.55. The second kappa shape index (κ2) is 9.17. The molecule has 3 N–H and O–H groups in total. The molecular weight excluding hydrogens is 371 g/mol. The van der Waals surface area contributed by atoms with Gasteiger partial charge in [-0.1, -0.05) is 17.8 Å². The molecule has 0 aromatic heterocycles. The van der Waals surface area contributed by atoms with Gasteiger partial charge in [0.1, 0.15) is 0 Å². The van der Waals surface area contributed by atoms with Gasteiger partial charge in [0, 0.05) is 12.8 Å². The van der Waals surface area contributed by atoms with Crippen LogP contribution in [0.3, 0.4) is 0 Å². The van der Waals surface area contributed by atoms with Crippen LogP contribution in [-0.2, 0) is 9.59 Å². The van der Waals surface area contributed by atoms with Gasteiger partial charge < -0.3 is 16.0 Å². The first-order valence-corrected chi connectivity index (χ1v) is 9.03. The summed E-state index contributed by atoms with van der Waals surface area (Å²) in [7, 11) is 0. The fourth-order valence-electron chi connectivity index (χ4n) is 2.21. The van der Waals surface area contributed by atoms with Gasteiger partial charge in [-0.25, -0.2) is 0 Å². The Balaban J connectivity index is 1.78. The van der Waals surface area contributed by atoms with E-state index in [4.69, 9.17) is 0 Å². The maximum absolute atomic E-state index is 12.6. The largest absolute Gasteiger partial charge is 0.441 e. The monoisotopic (exact) mass is 391 g/mol. The van der Waals surface area contributed by atoms with E-state index in [0.29, 0.717) is 17.7 Å². The first-order valence-electron chi connectivity index (χ1n) is 8.04. The highest BCUT2D eigenvalue weighted by Crippen LogP contribution is 2.33. The molecule has 2 atom stereocenters. The van der Waals surface area contributed by atoms with Gasteiger partial charge in [0.15, 0.2) is 0 Å². The van der Waals surface area contributed by atoms with Crippen LogP contribution in [0.1, 0.15) is 19.3 Å². The third-order valence-electron chi connectivity index (χ3n) is 3.89. The molecule has 144 valence electrons. The lowest BCUT2D eigenvalue weighted by molar-refractivity contribution is -0.125. The average molecular weight is 391 g/mol. The first-order chi connectivity index (χ1) is 12.3. The summed E-state index contributed by atoms with van der Waals surface area (Å²) in [6.07, 6.45) is 0.874. The number of alkyl halides is 3. The quantitative estimate of drug-likeness (QED) is 0.190. The molecule has 1 saturated carbocycles. The molecule has 0 aromatic rings. The number of carbonyl (C=O) groups excluding carboxylic acids is 2. The minimum atomic E-state index is -4.65. The van der Waals surface area contributed by atoms with E-state index < -0.39 is 17.1 Å². The van der Waals surface area contributed by atoms with Crippen molar-refractivity contribution in [1.82, 2.24) is 16.0 Å². The summed E-state index contributed by atoms with van der Waals surface area (Å²) < 4.78 is 37.8. The van der Waals surface area contributed by atoms with E-state index in [1.54, 1.807) is 6.08 Å². The molecule has 11 heteroatoms. The normalized spacial score (nSPS) is 21.8. The molecule has 7 nitrogen and oxygen atoms in total. The predicted octanol–water partition coefficient (Wildman–Crippen LogP) is 1.18. The number of nitrogens with zero attached hydrogens (tertiary/aromatic N) is 2. The Bertz CT molecular complexity index is 601. The number of thioether (sulfide) groups is 1. The van der Waals surface area contributed by atoms with Crippen molar-refractivity contribution in [3.63, 3.8) is 0 Å². The standard InChI is InChI=1S/C15H20F3N5O2S/c1-19-23-14(15(16,17)18)26-8-21-12(24)5-4-10(9-2-3-9)22-13(25)11-6-7-20-11/h4-5,9-11,20H,1-3,6-8H2,(H,21,24)(H,22,25)/b5-4+,23-14-/t10-,11+/m1/s1. The fraction of sp³-hybridized carbons (Fsp3) is 0.600. The molecule has 2 aliphatic rings. The summed E-state index contributed by atoms with van der Waals surface area (Å²) in [5.41, 5.74) is 0. The number of hydrogen-bond acceptors (Lipinski definition) is 6. The molecule has 0 radical (unpaired) electrons. The van der Waals surface area contributed by atoms with Crippen LogP contribution < -0.4 is 16.0 Å². The van der Waals surface area contributed by atoms with E-state index in [2.05, 4.69) is 32.9 Å². The Morgan fingerprint density at radius 2 is 2.04 bits per heavy atom. The van der Waals surface area contributed by atoms with E-state index in [0.717, 1.165) is 25.8 Å². The highest BCUT2D eigenvalue weighted by Gasteiger charge is 2.36. The van der Waals surface area contributed by atoms with Crippen LogP contribution in [0, 0.1) is 5.92 Å². The van der Waals surface area contributed by atoms with E-state index in [9.17, 15) is 22.8 Å². The first kappa shape index (κ1) is 20.4. The van der Waals surface area contributed by atoms with E-state index in [-0.39, 0.29) is 23.9 Å². The summed E-state index contributed by atoms with van der Waals surface area (Å²) in [6.45, 7) is 3.70. The van der Waals surface area contributed by atoms with Gasteiger partial charge in [-0.15, -0.1) is 5.10 Å². The number of amides is 2. The Labute approximate surface area is 153 Å². The van der Waals surface area contributed by atoms with Crippen LogP contribution in [0.5, 0.6) is 0 Å². The summed E-state index contributed by atoms with van der Waals surface area (Å²) in [4.78, 5) is 23.7. The van der Waals surface area contributed by atoms with Crippen molar-refractivity contribution in [2.24, 2.45) is 16.1 Å². The second-order valence-electron chi connectivity index (χ2n) is 5.90. The van der Waals surface area contributed by atoms with E-state index >= 15 is 0 Å². The number of rotatable bonds is 8. The maximum atomic E-state index is 12.6. The van der Waals surface area contributed by atoms with Crippen molar-refractivity contribution in [3.05, 3.63) is 12.2 Å². The maximum Gasteiger partial charge on any atom is 0.441 e. The van der Waals surface area contributed by atoms with Gasteiger partial charge in [-0.05, 0) is 31.7 Å². The topological polar surface area (TPSA) is 94.9 Å². The number of nitrogens with one attached hydrogen (secondary N) is 3. The van der Waals surface area contributed by atoms with E-state index in [1.165, 1.54) is 6.08 Å². The average Bonchev–Trinajstić information content (AvgIpc) is 3.32. The van der Waals surface area contributed by atoms with Crippen molar-refractivity contribution in [1.29, 1.82) is 0 Å². The Morgan fingerprint density at radius 3 is 2.54 bits per heavy atom. The number of hydrogen-bond donors (Lipinski definition) is 3. The molecular formula is C15H20F3N5O2S. The van der Waals surface area contributed by atoms with Gasteiger partial charge >= 0.3 is 6.18 Å². The van der Waals surface area contributed by atoms with Crippen LogP contribution in [0.15, 0.2) is 22.4 Å². The molecule has 0 spiro atoms. The van der Waals surface area contributed by atoms with Crippen LogP contribution in [-0.4, -0.2) is 54.3 Å². The van der Waals surface area contributed by atoms with Gasteiger partial charge in [-0.2, -0.15) is 18.3 Å². The third kappa shape index (κ3) is 6.45. The lowest BCUT2D eigenvalue weighted by atomic mass is 10.1. The number of halogens is 3. The molecule has 0 aromatic carbocycles. The molecule has 1 saturated heterocycles. The van der Waals surface area contributed by atoms with Crippen LogP contribution >= 0.6 is 11.8 Å². The fourth-order valence-corrected chi connectivity index (χ4v) is 2.84. The van der Waals surface area contributed by atoms with Crippen molar-refractivity contribution in [2.45, 2.75) is 37.5 Å². The van der Waals surface area contributed by atoms with Crippen molar-refractivity contribution in [2.75, 3.05) is 12.4 Å². The highest BCUT2D eigenvalue weighted by molar-refractivity contribution is 8.14. The molecule has 0 bridgehead atoms. The van der Waals surface area contributed by atoms with Crippen LogP contribution in [0.4, 0.5) is 13.2 Å². The number of carbonyl (C=O) groups is 2. The Hall–Kier alpha value is -1.88. The highest BCUT2D eigenvalue weighted by atomic mass is 32.2. The van der Waals surface area contributed by atoms with Gasteiger partial charge in [-0.3, -0.25) is 9.59 Å². The molecule has 1 heterocycles. The van der Waals surface area contributed by atoms with Crippen molar-refractivity contribution in [3.8, 4) is 0 Å². The molecule has 2 rings (SSSR count). The summed E-state index contributed by atoms with van der Waals surface area (Å²) in [5.74, 6) is -0.673. The Morgan fingerprint density at radius 1 is 1.35 bits per heavy atom. The van der Waals surface area contributed by atoms with Crippen molar-refractivity contribution < 1.29 is 22.8 Å². The van der Waals surface area contributed by atoms with Gasteiger partial charge in [0.25, 0.3) is 0 Å². The zero-order chi connectivity index (χ0) is 19.2. The van der Waals surface area contributed by atoms with Crippen LogP contribution in [0.2, 0.25) is 0 Å². The lowest BCUT2D eigenvalue weighted by Gasteiger charge is -2.28. The minimum Gasteiger partial charge on any atom is -0.348 e.